The molecule has 1 aromatic heterocycles. The lowest BCUT2D eigenvalue weighted by Gasteiger charge is -2.19. The lowest BCUT2D eigenvalue weighted by molar-refractivity contribution is -0.131. The van der Waals surface area contributed by atoms with Gasteiger partial charge in [-0.2, -0.15) is 0 Å². The molecule has 0 aliphatic rings. The number of rotatable bonds is 11. The molecule has 0 aliphatic carbocycles. The number of carboxylic acid groups (broad SMARTS) is 1. The molecule has 37 heavy (non-hydrogen) atoms. The number of methoxy groups -OCH3 is 1. The molecule has 1 amide bonds. The van der Waals surface area contributed by atoms with Crippen molar-refractivity contribution in [3.63, 3.8) is 0 Å². The molecular formula is C30H30N2O5. The summed E-state index contributed by atoms with van der Waals surface area (Å²) in [6.45, 7) is 0.413. The number of fused-ring (bicyclic) bond motifs is 1. The van der Waals surface area contributed by atoms with Gasteiger partial charge in [-0.15, -0.1) is 0 Å². The van der Waals surface area contributed by atoms with Gasteiger partial charge in [0.15, 0.2) is 0 Å². The minimum atomic E-state index is -1.04. The topological polar surface area (TPSA) is 89.8 Å². The maximum absolute atomic E-state index is 13.0. The van der Waals surface area contributed by atoms with E-state index in [1.165, 1.54) is 0 Å². The SMILES string of the molecule is CNC(=O)C(CCc1ccc(OC)cc1)n1cc(C=CC(=O)O)c2cc(OCc3ccccc3)ccc21. The van der Waals surface area contributed by atoms with E-state index in [0.717, 1.165) is 33.9 Å². The second kappa shape index (κ2) is 11.9. The standard InChI is InChI=1S/C30H30N2O5/c1-31-30(35)28(15-10-21-8-12-24(36-2)13-9-21)32-19-23(11-17-29(33)34)26-18-25(14-16-27(26)32)37-20-22-6-4-3-5-7-22/h3-9,11-14,16-19,28H,10,15,20H2,1-2H3,(H,31,35)(H,33,34). The van der Waals surface area contributed by atoms with Crippen LogP contribution in [0.1, 0.15) is 29.2 Å². The van der Waals surface area contributed by atoms with Gasteiger partial charge in [0, 0.05) is 35.8 Å². The van der Waals surface area contributed by atoms with Crippen molar-refractivity contribution in [3.8, 4) is 11.5 Å². The number of hydrogen-bond donors (Lipinski definition) is 2. The molecule has 0 bridgehead atoms. The van der Waals surface area contributed by atoms with E-state index in [1.54, 1.807) is 20.2 Å². The number of nitrogens with zero attached hydrogens (tertiary/aromatic N) is 1. The number of carboxylic acids is 1. The van der Waals surface area contributed by atoms with Crippen molar-refractivity contribution >= 4 is 28.9 Å². The van der Waals surface area contributed by atoms with E-state index >= 15 is 0 Å². The first-order valence-corrected chi connectivity index (χ1v) is 12.1. The summed E-state index contributed by atoms with van der Waals surface area (Å²) in [5, 5.41) is 12.8. The zero-order valence-corrected chi connectivity index (χ0v) is 20.9. The quantitative estimate of drug-likeness (QED) is 0.276. The highest BCUT2D eigenvalue weighted by atomic mass is 16.5. The van der Waals surface area contributed by atoms with Gasteiger partial charge >= 0.3 is 5.97 Å². The number of amides is 1. The third-order valence-electron chi connectivity index (χ3n) is 6.24. The first-order chi connectivity index (χ1) is 18.0. The lowest BCUT2D eigenvalue weighted by Crippen LogP contribution is -2.30. The number of carbonyl (C=O) groups is 2. The Morgan fingerprint density at radius 1 is 1.00 bits per heavy atom. The van der Waals surface area contributed by atoms with Crippen molar-refractivity contribution < 1.29 is 24.2 Å². The summed E-state index contributed by atoms with van der Waals surface area (Å²) in [6, 6.07) is 22.8. The highest BCUT2D eigenvalue weighted by molar-refractivity contribution is 5.95. The summed E-state index contributed by atoms with van der Waals surface area (Å²) in [5.41, 5.74) is 3.65. The van der Waals surface area contributed by atoms with E-state index in [4.69, 9.17) is 9.47 Å². The highest BCUT2D eigenvalue weighted by Gasteiger charge is 2.22. The number of aryl methyl sites for hydroxylation is 1. The molecule has 0 fully saturated rings. The Bertz CT molecular complexity index is 1390. The molecule has 1 heterocycles. The molecule has 1 unspecified atom stereocenters. The summed E-state index contributed by atoms with van der Waals surface area (Å²) < 4.78 is 13.2. The molecular weight excluding hydrogens is 468 g/mol. The number of hydrogen-bond acceptors (Lipinski definition) is 4. The van der Waals surface area contributed by atoms with Crippen LogP contribution < -0.4 is 14.8 Å². The molecule has 4 rings (SSSR count). The van der Waals surface area contributed by atoms with Crippen LogP contribution in [0.25, 0.3) is 17.0 Å². The van der Waals surface area contributed by atoms with Gasteiger partial charge in [-0.05, 0) is 60.4 Å². The summed E-state index contributed by atoms with van der Waals surface area (Å²) in [7, 11) is 3.25. The smallest absolute Gasteiger partial charge is 0.328 e. The fourth-order valence-corrected chi connectivity index (χ4v) is 4.30. The Labute approximate surface area is 216 Å². The largest absolute Gasteiger partial charge is 0.497 e. The van der Waals surface area contributed by atoms with Crippen LogP contribution in [0.15, 0.2) is 85.1 Å². The van der Waals surface area contributed by atoms with Crippen molar-refractivity contribution in [1.82, 2.24) is 9.88 Å². The molecule has 190 valence electrons. The molecule has 0 radical (unpaired) electrons. The van der Waals surface area contributed by atoms with Crippen LogP contribution in [0.4, 0.5) is 0 Å². The molecule has 7 heteroatoms. The molecule has 7 nitrogen and oxygen atoms in total. The fourth-order valence-electron chi connectivity index (χ4n) is 4.30. The molecule has 0 spiro atoms. The summed E-state index contributed by atoms with van der Waals surface area (Å²) in [5.74, 6) is 0.278. The molecule has 0 saturated heterocycles. The van der Waals surface area contributed by atoms with Crippen LogP contribution >= 0.6 is 0 Å². The summed E-state index contributed by atoms with van der Waals surface area (Å²) >= 11 is 0. The first kappa shape index (κ1) is 25.6. The third kappa shape index (κ3) is 6.38. The number of likely N-dealkylation sites (N-methyl/N-ethyl adjacent to an activating group) is 1. The van der Waals surface area contributed by atoms with Gasteiger partial charge in [0.1, 0.15) is 24.1 Å². The Morgan fingerprint density at radius 2 is 1.73 bits per heavy atom. The normalized spacial score (nSPS) is 11.9. The van der Waals surface area contributed by atoms with Crippen molar-refractivity contribution in [1.29, 1.82) is 0 Å². The van der Waals surface area contributed by atoms with Crippen molar-refractivity contribution in [3.05, 3.63) is 102 Å². The van der Waals surface area contributed by atoms with Gasteiger partial charge in [0.2, 0.25) is 5.91 Å². The van der Waals surface area contributed by atoms with E-state index in [-0.39, 0.29) is 5.91 Å². The Morgan fingerprint density at radius 3 is 2.41 bits per heavy atom. The van der Waals surface area contributed by atoms with E-state index in [1.807, 2.05) is 83.6 Å². The predicted molar refractivity (Wildman–Crippen MR) is 144 cm³/mol. The molecule has 2 N–H and O–H groups in total. The second-order valence-electron chi connectivity index (χ2n) is 8.63. The second-order valence-corrected chi connectivity index (χ2v) is 8.63. The Hall–Kier alpha value is -4.52. The van der Waals surface area contributed by atoms with Gasteiger partial charge in [-0.25, -0.2) is 4.79 Å². The minimum Gasteiger partial charge on any atom is -0.497 e. The number of aliphatic carboxylic acids is 1. The number of nitrogens with one attached hydrogen (secondary N) is 1. The molecule has 1 atom stereocenters. The van der Waals surface area contributed by atoms with Crippen molar-refractivity contribution in [2.75, 3.05) is 14.2 Å². The fraction of sp³-hybridized carbons (Fsp3) is 0.200. The van der Waals surface area contributed by atoms with E-state index < -0.39 is 12.0 Å². The van der Waals surface area contributed by atoms with Crippen LogP contribution in [-0.4, -0.2) is 35.7 Å². The third-order valence-corrected chi connectivity index (χ3v) is 6.24. The van der Waals surface area contributed by atoms with Crippen molar-refractivity contribution in [2.24, 2.45) is 0 Å². The summed E-state index contributed by atoms with van der Waals surface area (Å²) in [4.78, 5) is 24.2. The average molecular weight is 499 g/mol. The van der Waals surface area contributed by atoms with Crippen LogP contribution in [0.3, 0.4) is 0 Å². The van der Waals surface area contributed by atoms with Gasteiger partial charge in [0.25, 0.3) is 0 Å². The van der Waals surface area contributed by atoms with E-state index in [2.05, 4.69) is 5.32 Å². The molecule has 4 aromatic rings. The van der Waals surface area contributed by atoms with Gasteiger partial charge in [0.05, 0.1) is 7.11 Å². The zero-order chi connectivity index (χ0) is 26.2. The number of ether oxygens (including phenoxy) is 2. The monoisotopic (exact) mass is 498 g/mol. The Balaban J connectivity index is 1.66. The van der Waals surface area contributed by atoms with Crippen molar-refractivity contribution in [2.45, 2.75) is 25.5 Å². The summed E-state index contributed by atoms with van der Waals surface area (Å²) in [6.07, 6.45) is 5.72. The minimum absolute atomic E-state index is 0.122. The number of benzene rings is 3. The van der Waals surface area contributed by atoms with Crippen LogP contribution in [-0.2, 0) is 22.6 Å². The molecule has 0 aliphatic heterocycles. The van der Waals surface area contributed by atoms with Gasteiger partial charge < -0.3 is 24.5 Å². The maximum Gasteiger partial charge on any atom is 0.328 e. The van der Waals surface area contributed by atoms with Crippen LogP contribution in [0, 0.1) is 0 Å². The predicted octanol–water partition coefficient (Wildman–Crippen LogP) is 5.25. The zero-order valence-electron chi connectivity index (χ0n) is 20.9. The number of carbonyl (C=O) groups excluding carboxylic acids is 1. The lowest BCUT2D eigenvalue weighted by atomic mass is 10.0. The molecule has 0 saturated carbocycles. The first-order valence-electron chi connectivity index (χ1n) is 12.1. The maximum atomic E-state index is 13.0. The van der Waals surface area contributed by atoms with Crippen LogP contribution in [0.5, 0.6) is 11.5 Å². The van der Waals surface area contributed by atoms with Gasteiger partial charge in [-0.1, -0.05) is 42.5 Å². The Kier molecular flexibility index (Phi) is 8.26. The van der Waals surface area contributed by atoms with Crippen LogP contribution in [0.2, 0.25) is 0 Å². The molecule has 3 aromatic carbocycles. The van der Waals surface area contributed by atoms with E-state index in [0.29, 0.717) is 30.8 Å². The highest BCUT2D eigenvalue weighted by Crippen LogP contribution is 2.31. The number of aromatic nitrogens is 1. The van der Waals surface area contributed by atoms with Gasteiger partial charge in [-0.3, -0.25) is 4.79 Å². The average Bonchev–Trinajstić information content (AvgIpc) is 3.29. The van der Waals surface area contributed by atoms with E-state index in [9.17, 15) is 14.7 Å².